The zero-order valence-corrected chi connectivity index (χ0v) is 27.9. The highest BCUT2D eigenvalue weighted by molar-refractivity contribution is 5.95. The standard InChI is InChI=1S/C37H40FN7O3/c1-23-21-44(32-12-11-28(38)18-31(23)32)30-16-25(15-29(19-30)43-13-6-7-14-43)22-45-33(26-9-8-10-27(17-26)36(47)42(4)5)20-40-34(37(45)48)41-35(46)24(2)39-3/h8-12,15-21,24,39H,6-7,13-14,22H2,1-5H3,(H,40,41,46)/t24-/m0/s1. The number of hydrogen-bond donors (Lipinski definition) is 2. The van der Waals surface area contributed by atoms with E-state index in [0.717, 1.165) is 59.3 Å². The topological polar surface area (TPSA) is 104 Å². The second-order valence-electron chi connectivity index (χ2n) is 12.6. The maximum atomic E-state index is 14.2. The molecule has 5 aromatic rings. The van der Waals surface area contributed by atoms with Crippen LogP contribution in [-0.2, 0) is 11.3 Å². The maximum Gasteiger partial charge on any atom is 0.294 e. The number of fused-ring (bicyclic) bond motifs is 1. The number of aryl methyl sites for hydroxylation is 1. The molecule has 48 heavy (non-hydrogen) atoms. The van der Waals surface area contributed by atoms with Crippen molar-refractivity contribution in [2.24, 2.45) is 0 Å². The van der Waals surface area contributed by atoms with E-state index in [2.05, 4.69) is 37.2 Å². The fraction of sp³-hybridized carbons (Fsp3) is 0.297. The zero-order valence-electron chi connectivity index (χ0n) is 27.9. The summed E-state index contributed by atoms with van der Waals surface area (Å²) in [7, 11) is 5.04. The summed E-state index contributed by atoms with van der Waals surface area (Å²) in [6.45, 7) is 5.67. The van der Waals surface area contributed by atoms with Gasteiger partial charge < -0.3 is 25.0 Å². The van der Waals surface area contributed by atoms with Gasteiger partial charge in [-0.05, 0) is 93.4 Å². The molecule has 0 bridgehead atoms. The average molecular weight is 650 g/mol. The van der Waals surface area contributed by atoms with Gasteiger partial charge in [0.2, 0.25) is 5.91 Å². The first kappa shape index (κ1) is 32.6. The first-order valence-corrected chi connectivity index (χ1v) is 16.1. The van der Waals surface area contributed by atoms with Crippen molar-refractivity contribution >= 4 is 34.2 Å². The third-order valence-electron chi connectivity index (χ3n) is 8.95. The average Bonchev–Trinajstić information content (AvgIpc) is 3.74. The van der Waals surface area contributed by atoms with Gasteiger partial charge >= 0.3 is 0 Å². The molecule has 1 fully saturated rings. The van der Waals surface area contributed by atoms with Gasteiger partial charge in [-0.15, -0.1) is 0 Å². The van der Waals surface area contributed by atoms with Crippen molar-refractivity contribution in [2.75, 3.05) is 44.4 Å². The number of carbonyl (C=O) groups excluding carboxylic acids is 2. The van der Waals surface area contributed by atoms with Crippen LogP contribution in [0, 0.1) is 12.7 Å². The molecule has 3 aromatic carbocycles. The largest absolute Gasteiger partial charge is 0.371 e. The Hall–Kier alpha value is -5.29. The summed E-state index contributed by atoms with van der Waals surface area (Å²) < 4.78 is 17.8. The number of anilines is 2. The second-order valence-corrected chi connectivity index (χ2v) is 12.6. The van der Waals surface area contributed by atoms with E-state index in [9.17, 15) is 18.8 Å². The highest BCUT2D eigenvalue weighted by Crippen LogP contribution is 2.31. The van der Waals surface area contributed by atoms with E-state index in [0.29, 0.717) is 16.8 Å². The van der Waals surface area contributed by atoms with Crippen LogP contribution in [0.25, 0.3) is 27.8 Å². The molecule has 2 amide bonds. The minimum atomic E-state index is -0.541. The summed E-state index contributed by atoms with van der Waals surface area (Å²) in [5, 5.41) is 6.40. The van der Waals surface area contributed by atoms with Crippen LogP contribution in [0.3, 0.4) is 0 Å². The van der Waals surface area contributed by atoms with Crippen LogP contribution >= 0.6 is 0 Å². The summed E-state index contributed by atoms with van der Waals surface area (Å²) in [5.41, 5.74) is 5.74. The molecule has 248 valence electrons. The van der Waals surface area contributed by atoms with Crippen LogP contribution in [-0.4, -0.2) is 71.1 Å². The van der Waals surface area contributed by atoms with Gasteiger partial charge in [0.15, 0.2) is 5.82 Å². The molecule has 1 aliphatic rings. The van der Waals surface area contributed by atoms with Gasteiger partial charge in [0.05, 0.1) is 30.0 Å². The molecule has 0 saturated carbocycles. The van der Waals surface area contributed by atoms with Crippen molar-refractivity contribution in [2.45, 2.75) is 39.3 Å². The Kier molecular flexibility index (Phi) is 9.14. The Bertz CT molecular complexity index is 2080. The number of carbonyl (C=O) groups is 2. The molecule has 2 aromatic heterocycles. The van der Waals surface area contributed by atoms with Crippen molar-refractivity contribution in [3.05, 3.63) is 106 Å². The molecule has 0 radical (unpaired) electrons. The minimum absolute atomic E-state index is 0.0867. The highest BCUT2D eigenvalue weighted by atomic mass is 19.1. The molecule has 1 aliphatic heterocycles. The maximum absolute atomic E-state index is 14.2. The van der Waals surface area contributed by atoms with Crippen molar-refractivity contribution in [1.29, 1.82) is 0 Å². The molecule has 0 spiro atoms. The van der Waals surface area contributed by atoms with Crippen molar-refractivity contribution < 1.29 is 14.0 Å². The third-order valence-corrected chi connectivity index (χ3v) is 8.95. The molecule has 1 atom stereocenters. The monoisotopic (exact) mass is 649 g/mol. The highest BCUT2D eigenvalue weighted by Gasteiger charge is 2.21. The van der Waals surface area contributed by atoms with Crippen molar-refractivity contribution in [3.8, 4) is 16.9 Å². The number of likely N-dealkylation sites (N-methyl/N-ethyl adjacent to an activating group) is 1. The van der Waals surface area contributed by atoms with Crippen LogP contribution in [0.15, 0.2) is 77.9 Å². The molecule has 0 unspecified atom stereocenters. The number of aromatic nitrogens is 3. The summed E-state index contributed by atoms with van der Waals surface area (Å²) in [4.78, 5) is 48.0. The number of nitrogens with one attached hydrogen (secondary N) is 2. The molecule has 11 heteroatoms. The van der Waals surface area contributed by atoms with Crippen molar-refractivity contribution in [1.82, 2.24) is 24.3 Å². The number of amides is 2. The quantitative estimate of drug-likeness (QED) is 0.228. The lowest BCUT2D eigenvalue weighted by molar-refractivity contribution is -0.117. The molecule has 0 aliphatic carbocycles. The molecule has 1 saturated heterocycles. The fourth-order valence-electron chi connectivity index (χ4n) is 6.19. The smallest absolute Gasteiger partial charge is 0.294 e. The van der Waals surface area contributed by atoms with Crippen LogP contribution in [0.2, 0.25) is 0 Å². The Morgan fingerprint density at radius 1 is 1.02 bits per heavy atom. The number of hydrogen-bond acceptors (Lipinski definition) is 6. The molecule has 10 nitrogen and oxygen atoms in total. The van der Waals surface area contributed by atoms with Gasteiger partial charge in [0.1, 0.15) is 5.82 Å². The molecule has 2 N–H and O–H groups in total. The number of halogens is 1. The van der Waals surface area contributed by atoms with Gasteiger partial charge in [-0.3, -0.25) is 19.0 Å². The SMILES string of the molecule is CN[C@@H](C)C(=O)Nc1ncc(-c2cccc(C(=O)N(C)C)c2)n(Cc2cc(N3CCCC3)cc(-n3cc(C)c4cc(F)ccc43)c2)c1=O. The predicted molar refractivity (Wildman–Crippen MR) is 188 cm³/mol. The summed E-state index contributed by atoms with van der Waals surface area (Å²) in [6, 6.07) is 17.6. The summed E-state index contributed by atoms with van der Waals surface area (Å²) >= 11 is 0. The van der Waals surface area contributed by atoms with Crippen LogP contribution in [0.4, 0.5) is 15.9 Å². The van der Waals surface area contributed by atoms with E-state index in [1.54, 1.807) is 69.2 Å². The van der Waals surface area contributed by atoms with Gasteiger partial charge in [-0.1, -0.05) is 12.1 Å². The molecular formula is C37H40FN7O3. The van der Waals surface area contributed by atoms with E-state index < -0.39 is 11.6 Å². The number of nitrogens with zero attached hydrogens (tertiary/aromatic N) is 5. The Morgan fingerprint density at radius 3 is 2.50 bits per heavy atom. The van der Waals surface area contributed by atoms with Crippen molar-refractivity contribution in [3.63, 3.8) is 0 Å². The third kappa shape index (κ3) is 6.46. The van der Waals surface area contributed by atoms with E-state index >= 15 is 0 Å². The lowest BCUT2D eigenvalue weighted by atomic mass is 10.1. The van der Waals surface area contributed by atoms with E-state index in [1.807, 2.05) is 25.3 Å². The van der Waals surface area contributed by atoms with E-state index in [-0.39, 0.29) is 30.0 Å². The predicted octanol–water partition coefficient (Wildman–Crippen LogP) is 5.20. The normalized spacial score (nSPS) is 13.6. The van der Waals surface area contributed by atoms with Crippen LogP contribution in [0.5, 0.6) is 0 Å². The van der Waals surface area contributed by atoms with Gasteiger partial charge in [0.25, 0.3) is 11.5 Å². The molecule has 6 rings (SSSR count). The van der Waals surface area contributed by atoms with Gasteiger partial charge in [-0.2, -0.15) is 0 Å². The van der Waals surface area contributed by atoms with Gasteiger partial charge in [0, 0.05) is 61.3 Å². The number of rotatable bonds is 9. The van der Waals surface area contributed by atoms with E-state index in [1.165, 1.54) is 11.0 Å². The second kappa shape index (κ2) is 13.4. The Labute approximate surface area is 278 Å². The molecular weight excluding hydrogens is 609 g/mol. The molecule has 3 heterocycles. The summed E-state index contributed by atoms with van der Waals surface area (Å²) in [6.07, 6.45) is 5.75. The van der Waals surface area contributed by atoms with Crippen LogP contribution < -0.4 is 21.1 Å². The van der Waals surface area contributed by atoms with Crippen LogP contribution in [0.1, 0.15) is 41.3 Å². The minimum Gasteiger partial charge on any atom is -0.371 e. The first-order chi connectivity index (χ1) is 23.0. The first-order valence-electron chi connectivity index (χ1n) is 16.1. The summed E-state index contributed by atoms with van der Waals surface area (Å²) in [5.74, 6) is -0.926. The van der Waals surface area contributed by atoms with E-state index in [4.69, 9.17) is 0 Å². The fourth-order valence-corrected chi connectivity index (χ4v) is 6.19. The number of benzene rings is 3. The zero-order chi connectivity index (χ0) is 34.1. The lowest BCUT2D eigenvalue weighted by Gasteiger charge is -2.22. The Balaban J connectivity index is 1.51. The van der Waals surface area contributed by atoms with Gasteiger partial charge in [-0.25, -0.2) is 9.37 Å². The Morgan fingerprint density at radius 2 is 1.77 bits per heavy atom. The lowest BCUT2D eigenvalue weighted by Crippen LogP contribution is -2.38.